The molecule has 0 bridgehead atoms. The maximum absolute atomic E-state index is 12.3. The van der Waals surface area contributed by atoms with Crippen LogP contribution in [0.5, 0.6) is 5.75 Å². The van der Waals surface area contributed by atoms with E-state index in [4.69, 9.17) is 9.47 Å². The molecule has 2 aromatic carbocycles. The highest BCUT2D eigenvalue weighted by Gasteiger charge is 2.12. The number of benzene rings is 2. The van der Waals surface area contributed by atoms with E-state index < -0.39 is 6.10 Å². The monoisotopic (exact) mass is 375 g/mol. The lowest BCUT2D eigenvalue weighted by molar-refractivity contribution is 0.0285. The lowest BCUT2D eigenvalue weighted by Crippen LogP contribution is -2.34. The number of rotatable bonds is 9. The molecule has 0 saturated carbocycles. The highest BCUT2D eigenvalue weighted by Crippen LogP contribution is 2.19. The third kappa shape index (κ3) is 6.05. The van der Waals surface area contributed by atoms with Crippen LogP contribution in [0.15, 0.2) is 47.4 Å². The van der Waals surface area contributed by atoms with Gasteiger partial charge in [0, 0.05) is 17.0 Å². The normalized spacial score (nSPS) is 11.8. The molecule has 0 heterocycles. The SMILES string of the molecule is COc1ccc(COCC(O)CNC(=O)c2cc(SC)ccc2C)cc1. The highest BCUT2D eigenvalue weighted by atomic mass is 32.2. The Labute approximate surface area is 158 Å². The molecule has 0 aromatic heterocycles. The Morgan fingerprint density at radius 2 is 1.96 bits per heavy atom. The van der Waals surface area contributed by atoms with Gasteiger partial charge in [-0.3, -0.25) is 4.79 Å². The minimum atomic E-state index is -0.763. The molecular weight excluding hydrogens is 350 g/mol. The van der Waals surface area contributed by atoms with Crippen molar-refractivity contribution in [2.24, 2.45) is 0 Å². The van der Waals surface area contributed by atoms with E-state index in [1.807, 2.05) is 55.6 Å². The summed E-state index contributed by atoms with van der Waals surface area (Å²) < 4.78 is 10.6. The van der Waals surface area contributed by atoms with E-state index in [2.05, 4.69) is 5.32 Å². The number of aliphatic hydroxyl groups is 1. The average Bonchev–Trinajstić information content (AvgIpc) is 2.67. The van der Waals surface area contributed by atoms with Crippen molar-refractivity contribution in [1.29, 1.82) is 0 Å². The Kier molecular flexibility index (Phi) is 7.97. The maximum Gasteiger partial charge on any atom is 0.251 e. The number of nitrogens with one attached hydrogen (secondary N) is 1. The number of thioether (sulfide) groups is 1. The minimum Gasteiger partial charge on any atom is -0.497 e. The lowest BCUT2D eigenvalue weighted by Gasteiger charge is -2.14. The Balaban J connectivity index is 1.75. The molecule has 140 valence electrons. The number of aryl methyl sites for hydroxylation is 1. The quantitative estimate of drug-likeness (QED) is 0.660. The number of hydrogen-bond acceptors (Lipinski definition) is 5. The highest BCUT2D eigenvalue weighted by molar-refractivity contribution is 7.98. The van der Waals surface area contributed by atoms with Crippen LogP contribution in [0.4, 0.5) is 0 Å². The standard InChI is InChI=1S/C20H25NO4S/c1-14-4-9-18(26-3)10-19(14)20(23)21-11-16(22)13-25-12-15-5-7-17(24-2)8-6-15/h4-10,16,22H,11-13H2,1-3H3,(H,21,23). The first-order valence-corrected chi connectivity index (χ1v) is 9.57. The molecule has 5 nitrogen and oxygen atoms in total. The van der Waals surface area contributed by atoms with Crippen LogP contribution in [-0.2, 0) is 11.3 Å². The van der Waals surface area contributed by atoms with Crippen molar-refractivity contribution in [3.63, 3.8) is 0 Å². The molecule has 26 heavy (non-hydrogen) atoms. The molecule has 1 amide bonds. The molecular formula is C20H25NO4S. The summed E-state index contributed by atoms with van der Waals surface area (Å²) in [6, 6.07) is 13.3. The molecule has 2 rings (SSSR count). The van der Waals surface area contributed by atoms with Crippen LogP contribution < -0.4 is 10.1 Å². The molecule has 2 aromatic rings. The van der Waals surface area contributed by atoms with Gasteiger partial charge in [0.2, 0.25) is 0 Å². The van der Waals surface area contributed by atoms with E-state index in [9.17, 15) is 9.90 Å². The van der Waals surface area contributed by atoms with Crippen molar-refractivity contribution < 1.29 is 19.4 Å². The van der Waals surface area contributed by atoms with Gasteiger partial charge in [0.05, 0.1) is 26.4 Å². The Hall–Kier alpha value is -2.02. The van der Waals surface area contributed by atoms with Gasteiger partial charge in [0.15, 0.2) is 0 Å². The number of aliphatic hydroxyl groups excluding tert-OH is 1. The summed E-state index contributed by atoms with van der Waals surface area (Å²) in [5, 5.41) is 12.8. The first-order chi connectivity index (χ1) is 12.5. The molecule has 0 fully saturated rings. The Morgan fingerprint density at radius 1 is 1.23 bits per heavy atom. The number of carbonyl (C=O) groups excluding carboxylic acids is 1. The van der Waals surface area contributed by atoms with Crippen LogP contribution in [0.3, 0.4) is 0 Å². The summed E-state index contributed by atoms with van der Waals surface area (Å²) in [7, 11) is 1.62. The largest absolute Gasteiger partial charge is 0.497 e. The van der Waals surface area contributed by atoms with Gasteiger partial charge < -0.3 is 19.9 Å². The van der Waals surface area contributed by atoms with Gasteiger partial charge in [-0.1, -0.05) is 18.2 Å². The third-order valence-corrected chi connectivity index (χ3v) is 4.65. The number of methoxy groups -OCH3 is 1. The van der Waals surface area contributed by atoms with Gasteiger partial charge in [-0.2, -0.15) is 0 Å². The smallest absolute Gasteiger partial charge is 0.251 e. The number of carbonyl (C=O) groups is 1. The summed E-state index contributed by atoms with van der Waals surface area (Å²) in [5.41, 5.74) is 2.53. The van der Waals surface area contributed by atoms with Crippen LogP contribution >= 0.6 is 11.8 Å². The van der Waals surface area contributed by atoms with E-state index in [0.29, 0.717) is 12.2 Å². The Morgan fingerprint density at radius 3 is 2.62 bits per heavy atom. The zero-order valence-corrected chi connectivity index (χ0v) is 16.1. The second-order valence-electron chi connectivity index (χ2n) is 5.91. The second-order valence-corrected chi connectivity index (χ2v) is 6.79. The molecule has 2 N–H and O–H groups in total. The number of amides is 1. The van der Waals surface area contributed by atoms with E-state index in [-0.39, 0.29) is 19.1 Å². The predicted molar refractivity (Wildman–Crippen MR) is 104 cm³/mol. The van der Waals surface area contributed by atoms with E-state index in [1.165, 1.54) is 0 Å². The molecule has 1 atom stereocenters. The summed E-state index contributed by atoms with van der Waals surface area (Å²) >= 11 is 1.59. The van der Waals surface area contributed by atoms with Crippen LogP contribution in [0.1, 0.15) is 21.5 Å². The lowest BCUT2D eigenvalue weighted by atomic mass is 10.1. The average molecular weight is 375 g/mol. The van der Waals surface area contributed by atoms with Gasteiger partial charge in [0.25, 0.3) is 5.91 Å². The molecule has 0 spiro atoms. The molecule has 0 aliphatic carbocycles. The van der Waals surface area contributed by atoms with Crippen molar-refractivity contribution in [2.45, 2.75) is 24.5 Å². The van der Waals surface area contributed by atoms with Gasteiger partial charge >= 0.3 is 0 Å². The minimum absolute atomic E-state index is 0.143. The summed E-state index contributed by atoms with van der Waals surface area (Å²) in [6.07, 6.45) is 1.21. The fourth-order valence-electron chi connectivity index (χ4n) is 2.37. The number of hydrogen-bond donors (Lipinski definition) is 2. The van der Waals surface area contributed by atoms with E-state index in [1.54, 1.807) is 18.9 Å². The van der Waals surface area contributed by atoms with Crippen molar-refractivity contribution in [2.75, 3.05) is 26.5 Å². The van der Waals surface area contributed by atoms with Gasteiger partial charge in [-0.25, -0.2) is 0 Å². The van der Waals surface area contributed by atoms with E-state index in [0.717, 1.165) is 21.8 Å². The molecule has 1 unspecified atom stereocenters. The van der Waals surface area contributed by atoms with Gasteiger partial charge in [-0.05, 0) is 48.6 Å². The topological polar surface area (TPSA) is 67.8 Å². The zero-order valence-electron chi connectivity index (χ0n) is 15.3. The first-order valence-electron chi connectivity index (χ1n) is 8.35. The van der Waals surface area contributed by atoms with Crippen LogP contribution in [0.2, 0.25) is 0 Å². The van der Waals surface area contributed by atoms with E-state index >= 15 is 0 Å². The molecule has 0 radical (unpaired) electrons. The predicted octanol–water partition coefficient (Wildman–Crippen LogP) is 3.03. The second kappa shape index (κ2) is 10.2. The summed E-state index contributed by atoms with van der Waals surface area (Å²) in [5.74, 6) is 0.602. The van der Waals surface area contributed by atoms with Crippen molar-refractivity contribution in [1.82, 2.24) is 5.32 Å². The molecule has 6 heteroatoms. The first kappa shape index (κ1) is 20.3. The number of ether oxygens (including phenoxy) is 2. The van der Waals surface area contributed by atoms with Crippen molar-refractivity contribution in [3.8, 4) is 5.75 Å². The van der Waals surface area contributed by atoms with Crippen LogP contribution in [0.25, 0.3) is 0 Å². The van der Waals surface area contributed by atoms with Crippen LogP contribution in [-0.4, -0.2) is 43.6 Å². The van der Waals surface area contributed by atoms with Gasteiger partial charge in [-0.15, -0.1) is 11.8 Å². The maximum atomic E-state index is 12.3. The fourth-order valence-corrected chi connectivity index (χ4v) is 2.81. The van der Waals surface area contributed by atoms with Gasteiger partial charge in [0.1, 0.15) is 5.75 Å². The van der Waals surface area contributed by atoms with Crippen molar-refractivity contribution in [3.05, 3.63) is 59.2 Å². The fraction of sp³-hybridized carbons (Fsp3) is 0.350. The van der Waals surface area contributed by atoms with Crippen LogP contribution in [0, 0.1) is 6.92 Å². The molecule has 0 aliphatic rings. The Bertz CT molecular complexity index is 718. The summed E-state index contributed by atoms with van der Waals surface area (Å²) in [4.78, 5) is 13.3. The molecule has 0 saturated heterocycles. The zero-order chi connectivity index (χ0) is 18.9. The summed E-state index contributed by atoms with van der Waals surface area (Å²) in [6.45, 7) is 2.58. The van der Waals surface area contributed by atoms with Crippen molar-refractivity contribution >= 4 is 17.7 Å². The molecule has 0 aliphatic heterocycles. The third-order valence-electron chi connectivity index (χ3n) is 3.93.